The molecule has 2 amide bonds. The van der Waals surface area contributed by atoms with E-state index in [0.29, 0.717) is 43.5 Å². The number of hydrogen-bond acceptors (Lipinski definition) is 6. The number of nitrogens with two attached hydrogens (primary N) is 1. The number of nitroso groups, excluding NO2 is 1. The van der Waals surface area contributed by atoms with E-state index >= 15 is 0 Å². The summed E-state index contributed by atoms with van der Waals surface area (Å²) in [7, 11) is 0. The van der Waals surface area contributed by atoms with Gasteiger partial charge in [0.05, 0.1) is 0 Å². The van der Waals surface area contributed by atoms with Gasteiger partial charge in [-0.05, 0) is 54.5 Å². The van der Waals surface area contributed by atoms with Crippen molar-refractivity contribution in [3.05, 3.63) is 57.5 Å². The number of nitrogens with zero attached hydrogens (tertiary/aromatic N) is 4. The lowest BCUT2D eigenvalue weighted by Crippen LogP contribution is -2.34. The molecule has 1 aliphatic carbocycles. The van der Waals surface area contributed by atoms with Crippen molar-refractivity contribution in [3.63, 3.8) is 0 Å². The zero-order valence-corrected chi connectivity index (χ0v) is 19.1. The van der Waals surface area contributed by atoms with Crippen molar-refractivity contribution in [1.29, 1.82) is 0 Å². The summed E-state index contributed by atoms with van der Waals surface area (Å²) in [5.74, 6) is 4.63. The Hall–Kier alpha value is -3.62. The summed E-state index contributed by atoms with van der Waals surface area (Å²) >= 11 is 0. The SMILES string of the molecule is CCCN(CCC)C(=O)C1=Cc2ccc(C3=CC=C(C(=O)N=O)CC3)cc2NC(N=NN)C1. The molecular weight excluding hydrogens is 420 g/mol. The van der Waals surface area contributed by atoms with Gasteiger partial charge < -0.3 is 16.1 Å². The summed E-state index contributed by atoms with van der Waals surface area (Å²) in [5.41, 5.74) is 4.82. The Labute approximate surface area is 193 Å². The maximum absolute atomic E-state index is 13.3. The quantitative estimate of drug-likeness (QED) is 0.259. The topological polar surface area (TPSA) is 130 Å². The van der Waals surface area contributed by atoms with Gasteiger partial charge in [0.1, 0.15) is 6.17 Å². The van der Waals surface area contributed by atoms with Crippen molar-refractivity contribution in [3.8, 4) is 0 Å². The van der Waals surface area contributed by atoms with Gasteiger partial charge in [-0.3, -0.25) is 9.59 Å². The van der Waals surface area contributed by atoms with Gasteiger partial charge in [0.25, 0.3) is 0 Å². The number of carbonyl (C=O) groups excluding carboxylic acids is 2. The highest BCUT2D eigenvalue weighted by Gasteiger charge is 2.25. The normalized spacial score (nSPS) is 17.8. The number of rotatable bonds is 8. The molecule has 3 N–H and O–H groups in total. The highest BCUT2D eigenvalue weighted by Crippen LogP contribution is 2.33. The Balaban J connectivity index is 1.95. The monoisotopic (exact) mass is 450 g/mol. The van der Waals surface area contributed by atoms with Crippen LogP contribution in [-0.2, 0) is 9.59 Å². The molecule has 0 aromatic heterocycles. The maximum atomic E-state index is 13.3. The molecule has 0 radical (unpaired) electrons. The fraction of sp³-hybridized carbons (Fsp3) is 0.417. The Kier molecular flexibility index (Phi) is 8.23. The van der Waals surface area contributed by atoms with Crippen LogP contribution in [0.3, 0.4) is 0 Å². The minimum atomic E-state index is -0.716. The van der Waals surface area contributed by atoms with E-state index < -0.39 is 12.1 Å². The average molecular weight is 451 g/mol. The molecule has 9 nitrogen and oxygen atoms in total. The van der Waals surface area contributed by atoms with Gasteiger partial charge in [0.2, 0.25) is 5.91 Å². The predicted molar refractivity (Wildman–Crippen MR) is 129 cm³/mol. The zero-order valence-electron chi connectivity index (χ0n) is 19.1. The molecule has 1 heterocycles. The molecule has 33 heavy (non-hydrogen) atoms. The maximum Gasteiger partial charge on any atom is 0.312 e. The summed E-state index contributed by atoms with van der Waals surface area (Å²) in [6.07, 6.45) is 8.20. The largest absolute Gasteiger partial charge is 0.361 e. The van der Waals surface area contributed by atoms with Gasteiger partial charge in [-0.2, -0.15) is 0 Å². The number of allylic oxidation sites excluding steroid dienone is 3. The number of fused-ring (bicyclic) bond motifs is 1. The van der Waals surface area contributed by atoms with Crippen LogP contribution in [0.1, 0.15) is 57.1 Å². The van der Waals surface area contributed by atoms with Crippen molar-refractivity contribution in [2.24, 2.45) is 21.4 Å². The summed E-state index contributed by atoms with van der Waals surface area (Å²) < 4.78 is 0. The van der Waals surface area contributed by atoms with Gasteiger partial charge >= 0.3 is 5.91 Å². The van der Waals surface area contributed by atoms with E-state index in [2.05, 4.69) is 34.7 Å². The lowest BCUT2D eigenvalue weighted by Gasteiger charge is -2.23. The molecule has 0 saturated heterocycles. The van der Waals surface area contributed by atoms with Gasteiger partial charge in [0.15, 0.2) is 0 Å². The van der Waals surface area contributed by atoms with Crippen molar-refractivity contribution in [2.45, 2.75) is 52.1 Å². The van der Waals surface area contributed by atoms with E-state index in [4.69, 9.17) is 5.84 Å². The van der Waals surface area contributed by atoms with Gasteiger partial charge in [-0.25, -0.2) is 0 Å². The molecule has 0 spiro atoms. The van der Waals surface area contributed by atoms with Crippen LogP contribution in [-0.4, -0.2) is 36.0 Å². The van der Waals surface area contributed by atoms with Gasteiger partial charge in [-0.15, -0.1) is 10.0 Å². The summed E-state index contributed by atoms with van der Waals surface area (Å²) in [6.45, 7) is 5.53. The lowest BCUT2D eigenvalue weighted by molar-refractivity contribution is -0.127. The molecule has 1 aromatic carbocycles. The van der Waals surface area contributed by atoms with Crippen LogP contribution < -0.4 is 11.2 Å². The van der Waals surface area contributed by atoms with Crippen LogP contribution in [0.15, 0.2) is 57.0 Å². The third-order valence-corrected chi connectivity index (χ3v) is 5.75. The van der Waals surface area contributed by atoms with E-state index in [1.54, 1.807) is 6.08 Å². The fourth-order valence-electron chi connectivity index (χ4n) is 4.16. The van der Waals surface area contributed by atoms with E-state index in [-0.39, 0.29) is 5.91 Å². The molecule has 174 valence electrons. The molecule has 9 heteroatoms. The Morgan fingerprint density at radius 3 is 2.48 bits per heavy atom. The molecule has 1 aliphatic heterocycles. The second-order valence-electron chi connectivity index (χ2n) is 8.14. The number of carbonyl (C=O) groups is 2. The molecule has 2 aliphatic rings. The van der Waals surface area contributed by atoms with Crippen LogP contribution in [0, 0.1) is 4.91 Å². The number of amides is 2. The standard InChI is InChI=1S/C24H30N6O3/c1-3-11-30(12-4-2)24(32)20-13-19-10-9-18(14-21(19)26-22(15-20)27-29-25)16-5-7-17(8-6-16)23(31)28-33/h5,7,9-10,13-14,22,26H,3-4,6,8,11-12,15H2,1-2H3,(H2,25,27). The third-order valence-electron chi connectivity index (χ3n) is 5.75. The third kappa shape index (κ3) is 5.79. The van der Waals surface area contributed by atoms with Gasteiger partial charge in [0, 0.05) is 41.5 Å². The Morgan fingerprint density at radius 2 is 1.88 bits per heavy atom. The molecule has 1 aromatic rings. The summed E-state index contributed by atoms with van der Waals surface area (Å²) in [5, 5.41) is 13.4. The fourth-order valence-corrected chi connectivity index (χ4v) is 4.16. The molecule has 0 fully saturated rings. The molecule has 0 saturated carbocycles. The first-order valence-electron chi connectivity index (χ1n) is 11.3. The van der Waals surface area contributed by atoms with Crippen molar-refractivity contribution in [1.82, 2.24) is 4.90 Å². The first kappa shape index (κ1) is 24.0. The second-order valence-corrected chi connectivity index (χ2v) is 8.14. The molecule has 1 unspecified atom stereocenters. The van der Waals surface area contributed by atoms with Crippen molar-refractivity contribution >= 4 is 29.2 Å². The van der Waals surface area contributed by atoms with Crippen LogP contribution in [0.5, 0.6) is 0 Å². The molecular formula is C24H30N6O3. The number of anilines is 1. The van der Waals surface area contributed by atoms with Crippen LogP contribution in [0.2, 0.25) is 0 Å². The molecule has 1 atom stereocenters. The van der Waals surface area contributed by atoms with Crippen LogP contribution >= 0.6 is 0 Å². The van der Waals surface area contributed by atoms with E-state index in [1.165, 1.54) is 0 Å². The predicted octanol–water partition coefficient (Wildman–Crippen LogP) is 4.58. The van der Waals surface area contributed by atoms with Crippen LogP contribution in [0.25, 0.3) is 11.6 Å². The van der Waals surface area contributed by atoms with Crippen LogP contribution in [0.4, 0.5) is 5.69 Å². The Bertz CT molecular complexity index is 1030. The number of benzene rings is 1. The van der Waals surface area contributed by atoms with E-state index in [9.17, 15) is 14.5 Å². The molecule has 0 bridgehead atoms. The first-order valence-corrected chi connectivity index (χ1v) is 11.3. The second kappa shape index (κ2) is 11.3. The summed E-state index contributed by atoms with van der Waals surface area (Å²) in [4.78, 5) is 37.1. The zero-order chi connectivity index (χ0) is 23.8. The number of hydrogen-bond donors (Lipinski definition) is 2. The minimum Gasteiger partial charge on any atom is -0.361 e. The lowest BCUT2D eigenvalue weighted by atomic mass is 9.92. The minimum absolute atomic E-state index is 0.00996. The summed E-state index contributed by atoms with van der Waals surface area (Å²) in [6, 6.07) is 5.96. The van der Waals surface area contributed by atoms with Crippen molar-refractivity contribution < 1.29 is 9.59 Å². The van der Waals surface area contributed by atoms with Crippen molar-refractivity contribution in [2.75, 3.05) is 18.4 Å². The first-order chi connectivity index (χ1) is 16.0. The average Bonchev–Trinajstić information content (AvgIpc) is 3.02. The smallest absolute Gasteiger partial charge is 0.312 e. The molecule has 3 rings (SSSR count). The van der Waals surface area contributed by atoms with Gasteiger partial charge in [-0.1, -0.05) is 43.4 Å². The Morgan fingerprint density at radius 1 is 1.12 bits per heavy atom. The highest BCUT2D eigenvalue weighted by molar-refractivity contribution is 5.99. The number of nitrogens with one attached hydrogen (secondary N) is 1. The van der Waals surface area contributed by atoms with E-state index in [1.807, 2.05) is 35.3 Å². The van der Waals surface area contributed by atoms with E-state index in [0.717, 1.165) is 35.2 Å². The highest BCUT2D eigenvalue weighted by atomic mass is 16.3.